The molecule has 7 atom stereocenters. The van der Waals surface area contributed by atoms with Gasteiger partial charge in [-0.2, -0.15) is 13.2 Å². The zero-order chi connectivity index (χ0) is 42.7. The van der Waals surface area contributed by atoms with Crippen LogP contribution in [0.1, 0.15) is 72.6 Å². The van der Waals surface area contributed by atoms with Crippen molar-refractivity contribution in [1.82, 2.24) is 24.8 Å². The van der Waals surface area contributed by atoms with Gasteiger partial charge in [0.15, 0.2) is 0 Å². The molecule has 58 heavy (non-hydrogen) atoms. The zero-order valence-corrected chi connectivity index (χ0v) is 34.0. The fraction of sp³-hybridized carbons (Fsp3) is 0.605. The third-order valence-electron chi connectivity index (χ3n) is 11.8. The van der Waals surface area contributed by atoms with Gasteiger partial charge in [0.1, 0.15) is 35.0 Å². The van der Waals surface area contributed by atoms with Crippen molar-refractivity contribution in [3.63, 3.8) is 0 Å². The SMILES string of the molecule is COc1cnc(O[C@@H]2C[C@H]3C(=O)N[C@]4(C(=O)NS(=O)(=O)C5(F)CC5)C[C@H]4C=CCC[C@@H](C)C[C@@H](C)[C@H](N(C(=O)O)C(C)(C)C(F)(F)F)C(=O)N3C2)c2cccc(Cl)c12. The second-order valence-corrected chi connectivity index (χ2v) is 18.7. The van der Waals surface area contributed by atoms with E-state index >= 15 is 0 Å². The van der Waals surface area contributed by atoms with Gasteiger partial charge in [0.2, 0.25) is 22.7 Å². The number of carbonyl (C=O) groups excluding carboxylic acids is 3. The number of allylic oxidation sites excluding steroid dienone is 1. The molecule has 2 aliphatic heterocycles. The first kappa shape index (κ1) is 43.2. The normalized spacial score (nSPS) is 29.0. The molecule has 14 nitrogen and oxygen atoms in total. The van der Waals surface area contributed by atoms with E-state index in [1.54, 1.807) is 42.0 Å². The summed E-state index contributed by atoms with van der Waals surface area (Å²) < 4.78 is 97.9. The number of carboxylic acid groups (broad SMARTS) is 1. The Balaban J connectivity index is 1.43. The molecule has 0 spiro atoms. The first-order chi connectivity index (χ1) is 27.0. The van der Waals surface area contributed by atoms with Crippen molar-refractivity contribution >= 4 is 56.2 Å². The lowest BCUT2D eigenvalue weighted by molar-refractivity contribution is -0.222. The number of halogens is 5. The van der Waals surface area contributed by atoms with Gasteiger partial charge < -0.3 is 24.8 Å². The number of amides is 4. The number of pyridine rings is 1. The first-order valence-electron chi connectivity index (χ1n) is 18.9. The number of fused-ring (bicyclic) bond motifs is 3. The van der Waals surface area contributed by atoms with Gasteiger partial charge in [-0.05, 0) is 63.5 Å². The summed E-state index contributed by atoms with van der Waals surface area (Å²) in [5.41, 5.74) is -4.97. The fourth-order valence-electron chi connectivity index (χ4n) is 8.09. The highest BCUT2D eigenvalue weighted by Crippen LogP contribution is 2.49. The smallest absolute Gasteiger partial charge is 0.411 e. The van der Waals surface area contributed by atoms with Crippen LogP contribution in [0.3, 0.4) is 0 Å². The molecule has 3 heterocycles. The van der Waals surface area contributed by atoms with Crippen LogP contribution in [0, 0.1) is 17.8 Å². The second kappa shape index (κ2) is 15.3. The van der Waals surface area contributed by atoms with Crippen molar-refractivity contribution in [2.24, 2.45) is 17.8 Å². The summed E-state index contributed by atoms with van der Waals surface area (Å²) in [6.07, 6.45) is -3.59. The number of ether oxygens (including phenoxy) is 2. The van der Waals surface area contributed by atoms with Crippen LogP contribution in [-0.4, -0.2) is 106 Å². The molecule has 1 saturated heterocycles. The number of sulfonamides is 1. The van der Waals surface area contributed by atoms with Crippen LogP contribution in [0.25, 0.3) is 10.8 Å². The van der Waals surface area contributed by atoms with Crippen molar-refractivity contribution in [2.75, 3.05) is 13.7 Å². The van der Waals surface area contributed by atoms with Gasteiger partial charge in [-0.15, -0.1) is 0 Å². The quantitative estimate of drug-likeness (QED) is 0.219. The minimum absolute atomic E-state index is 0.0108. The van der Waals surface area contributed by atoms with E-state index in [0.717, 1.165) is 4.90 Å². The predicted octanol–water partition coefficient (Wildman–Crippen LogP) is 5.73. The largest absolute Gasteiger partial charge is 0.494 e. The molecule has 0 bridgehead atoms. The van der Waals surface area contributed by atoms with Crippen LogP contribution in [0.2, 0.25) is 5.02 Å². The van der Waals surface area contributed by atoms with E-state index in [9.17, 15) is 50.3 Å². The number of methoxy groups -OCH3 is 1. The van der Waals surface area contributed by atoms with Gasteiger partial charge >= 0.3 is 12.3 Å². The molecule has 4 amide bonds. The summed E-state index contributed by atoms with van der Waals surface area (Å²) >= 11 is 6.49. The Hall–Kier alpha value is -4.39. The monoisotopic (exact) mass is 859 g/mol. The van der Waals surface area contributed by atoms with E-state index in [2.05, 4.69) is 10.3 Å². The molecule has 3 N–H and O–H groups in total. The van der Waals surface area contributed by atoms with Crippen molar-refractivity contribution in [1.29, 1.82) is 0 Å². The molecule has 0 radical (unpaired) electrons. The minimum Gasteiger partial charge on any atom is -0.494 e. The molecule has 0 unspecified atom stereocenters. The zero-order valence-electron chi connectivity index (χ0n) is 32.4. The van der Waals surface area contributed by atoms with E-state index < -0.39 is 92.7 Å². The average Bonchev–Trinajstić information content (AvgIpc) is 4.01. The molecule has 318 valence electrons. The highest BCUT2D eigenvalue weighted by atomic mass is 35.5. The van der Waals surface area contributed by atoms with E-state index in [0.29, 0.717) is 48.2 Å². The maximum absolute atomic E-state index is 15.0. The van der Waals surface area contributed by atoms with Gasteiger partial charge in [0.05, 0.1) is 24.9 Å². The predicted molar refractivity (Wildman–Crippen MR) is 202 cm³/mol. The molecule has 3 fully saturated rings. The lowest BCUT2D eigenvalue weighted by Crippen LogP contribution is -2.66. The number of nitrogens with one attached hydrogen (secondary N) is 2. The molecule has 20 heteroatoms. The van der Waals surface area contributed by atoms with Crippen LogP contribution in [-0.2, 0) is 24.4 Å². The van der Waals surface area contributed by atoms with Gasteiger partial charge in [-0.1, -0.05) is 43.7 Å². The van der Waals surface area contributed by atoms with Crippen molar-refractivity contribution in [3.8, 4) is 11.6 Å². The Morgan fingerprint density at radius 2 is 1.84 bits per heavy atom. The Morgan fingerprint density at radius 3 is 2.47 bits per heavy atom. The number of rotatable bonds is 8. The summed E-state index contributed by atoms with van der Waals surface area (Å²) in [6.45, 7) is 4.16. The molecule has 4 aliphatic rings. The van der Waals surface area contributed by atoms with Crippen LogP contribution in [0.4, 0.5) is 22.4 Å². The van der Waals surface area contributed by atoms with Gasteiger partial charge in [0.25, 0.3) is 15.9 Å². The summed E-state index contributed by atoms with van der Waals surface area (Å²) in [6, 6.07) is 1.35. The van der Waals surface area contributed by atoms with Crippen LogP contribution < -0.4 is 19.5 Å². The highest BCUT2D eigenvalue weighted by Gasteiger charge is 2.65. The third-order valence-corrected chi connectivity index (χ3v) is 13.9. The molecule has 1 aromatic heterocycles. The number of aromatic nitrogens is 1. The van der Waals surface area contributed by atoms with E-state index in [1.807, 2.05) is 0 Å². The van der Waals surface area contributed by atoms with Crippen molar-refractivity contribution in [3.05, 3.63) is 41.6 Å². The van der Waals surface area contributed by atoms with E-state index in [4.69, 9.17) is 21.1 Å². The first-order valence-corrected chi connectivity index (χ1v) is 20.8. The Labute approximate surface area is 337 Å². The van der Waals surface area contributed by atoms with Crippen LogP contribution >= 0.6 is 11.6 Å². The lowest BCUT2D eigenvalue weighted by Gasteiger charge is -2.45. The molecular weight excluding hydrogens is 814 g/mol. The number of nitrogens with zero attached hydrogens (tertiary/aromatic N) is 3. The lowest BCUT2D eigenvalue weighted by atomic mass is 9.85. The number of carbonyl (C=O) groups is 4. The summed E-state index contributed by atoms with van der Waals surface area (Å²) in [5.74, 6) is -4.96. The van der Waals surface area contributed by atoms with Gasteiger partial charge in [-0.25, -0.2) is 27.3 Å². The Bertz CT molecular complexity index is 2140. The molecule has 2 saturated carbocycles. The molecule has 2 aromatic rings. The summed E-state index contributed by atoms with van der Waals surface area (Å²) in [7, 11) is -3.38. The third kappa shape index (κ3) is 7.87. The molecule has 2 aliphatic carbocycles. The Morgan fingerprint density at radius 1 is 1.16 bits per heavy atom. The second-order valence-electron chi connectivity index (χ2n) is 16.3. The molecule has 6 rings (SSSR count). The van der Waals surface area contributed by atoms with E-state index in [1.165, 1.54) is 20.2 Å². The topological polar surface area (TPSA) is 185 Å². The van der Waals surface area contributed by atoms with Crippen molar-refractivity contribution < 1.29 is 59.7 Å². The summed E-state index contributed by atoms with van der Waals surface area (Å²) in [4.78, 5) is 61.5. The molecule has 1 aromatic carbocycles. The summed E-state index contributed by atoms with van der Waals surface area (Å²) in [5, 5.41) is 11.5. The molecular formula is C38H46ClF4N5O9S. The number of hydrogen-bond donors (Lipinski definition) is 3. The highest BCUT2D eigenvalue weighted by molar-refractivity contribution is 7.91. The van der Waals surface area contributed by atoms with Gasteiger partial charge in [0, 0.05) is 36.0 Å². The van der Waals surface area contributed by atoms with Crippen LogP contribution in [0.15, 0.2) is 36.5 Å². The average molecular weight is 860 g/mol. The van der Waals surface area contributed by atoms with Crippen LogP contribution in [0.5, 0.6) is 11.6 Å². The maximum Gasteiger partial charge on any atom is 0.411 e. The minimum atomic E-state index is -5.13. The van der Waals surface area contributed by atoms with Crippen molar-refractivity contribution in [2.45, 2.75) is 113 Å². The fourth-order valence-corrected chi connectivity index (χ4v) is 9.60. The van der Waals surface area contributed by atoms with E-state index in [-0.39, 0.29) is 48.8 Å². The number of alkyl halides is 4. The number of hydrogen-bond acceptors (Lipinski definition) is 9. The Kier molecular flexibility index (Phi) is 11.4. The number of benzene rings is 1. The maximum atomic E-state index is 15.0. The standard InChI is InChI=1S/C38H46ClF4N5O9S/c1-20-9-6-7-10-22-17-37(22,33(51)46-58(54,55)36(40)13-14-36)45-30(49)26-16-23(57-31-24-11-8-12-25(39)28(24)27(56-5)18-44-31)19-47(26)32(50)29(21(2)15-20)48(34(52)53)35(3,4)38(41,42)43/h7-8,10-12,18,20-23,26,29H,6,9,13-17,19H2,1-5H3,(H,45,49)(H,46,51)(H,52,53)/t20-,21-,22-,23-,26+,29+,37-/m1/s1. The van der Waals surface area contributed by atoms with Gasteiger partial charge in [-0.3, -0.25) is 19.3 Å².